The predicted molar refractivity (Wildman–Crippen MR) is 114 cm³/mol. The van der Waals surface area contributed by atoms with E-state index < -0.39 is 18.0 Å². The van der Waals surface area contributed by atoms with E-state index in [4.69, 9.17) is 4.74 Å². The number of carbonyl (C=O) groups is 1. The Kier molecular flexibility index (Phi) is 4.85. The summed E-state index contributed by atoms with van der Waals surface area (Å²) in [6.07, 6.45) is 3.88. The van der Waals surface area contributed by atoms with Crippen molar-refractivity contribution in [2.45, 2.75) is 57.7 Å². The van der Waals surface area contributed by atoms with Gasteiger partial charge in [0.1, 0.15) is 12.4 Å². The van der Waals surface area contributed by atoms with Crippen LogP contribution in [0.5, 0.6) is 5.75 Å². The molecular weight excluding hydrogens is 376 g/mol. The van der Waals surface area contributed by atoms with Crippen LogP contribution in [0.2, 0.25) is 0 Å². The number of hydrogen-bond acceptors (Lipinski definition) is 3. The molecule has 0 aliphatic heterocycles. The summed E-state index contributed by atoms with van der Waals surface area (Å²) in [4.78, 5) is 11.7. The van der Waals surface area contributed by atoms with Gasteiger partial charge in [0.05, 0.1) is 12.0 Å². The van der Waals surface area contributed by atoms with E-state index >= 15 is 0 Å². The molecule has 6 atom stereocenters. The minimum Gasteiger partial charge on any atom is -0.489 e. The van der Waals surface area contributed by atoms with Crippen molar-refractivity contribution in [3.63, 3.8) is 0 Å². The van der Waals surface area contributed by atoms with E-state index in [1.54, 1.807) is 0 Å². The summed E-state index contributed by atoms with van der Waals surface area (Å²) in [5.74, 6) is 0.675. The van der Waals surface area contributed by atoms with Crippen molar-refractivity contribution in [3.8, 4) is 5.75 Å². The van der Waals surface area contributed by atoms with Crippen LogP contribution in [0.3, 0.4) is 0 Å². The van der Waals surface area contributed by atoms with E-state index in [1.807, 2.05) is 18.2 Å². The van der Waals surface area contributed by atoms with Gasteiger partial charge in [-0.15, -0.1) is 0 Å². The Bertz CT molecular complexity index is 939. The molecule has 0 aromatic heterocycles. The van der Waals surface area contributed by atoms with Crippen molar-refractivity contribution in [2.75, 3.05) is 0 Å². The van der Waals surface area contributed by atoms with Gasteiger partial charge in [-0.3, -0.25) is 4.79 Å². The molecule has 0 amide bonds. The highest BCUT2D eigenvalue weighted by Gasteiger charge is 2.59. The molecule has 0 heterocycles. The third-order valence-corrected chi connectivity index (χ3v) is 8.27. The molecule has 4 nitrogen and oxygen atoms in total. The van der Waals surface area contributed by atoms with Crippen molar-refractivity contribution in [1.29, 1.82) is 0 Å². The number of benzene rings is 2. The molecule has 3 aliphatic rings. The van der Waals surface area contributed by atoms with Crippen LogP contribution in [0.1, 0.15) is 55.2 Å². The number of carboxylic acids is 1. The predicted octanol–water partition coefficient (Wildman–Crippen LogP) is 4.79. The molecule has 0 spiro atoms. The van der Waals surface area contributed by atoms with Gasteiger partial charge in [-0.25, -0.2) is 0 Å². The Labute approximate surface area is 177 Å². The van der Waals surface area contributed by atoms with E-state index in [0.29, 0.717) is 24.9 Å². The lowest BCUT2D eigenvalue weighted by atomic mass is 9.55. The van der Waals surface area contributed by atoms with Gasteiger partial charge in [0.25, 0.3) is 0 Å². The van der Waals surface area contributed by atoms with Crippen molar-refractivity contribution in [1.82, 2.24) is 0 Å². The van der Waals surface area contributed by atoms with Gasteiger partial charge in [-0.1, -0.05) is 43.3 Å². The van der Waals surface area contributed by atoms with Crippen LogP contribution in [0.4, 0.5) is 0 Å². The number of rotatable bonds is 4. The van der Waals surface area contributed by atoms with Crippen molar-refractivity contribution in [3.05, 3.63) is 65.2 Å². The first-order valence-electron chi connectivity index (χ1n) is 11.2. The van der Waals surface area contributed by atoms with Crippen LogP contribution in [-0.4, -0.2) is 22.3 Å². The summed E-state index contributed by atoms with van der Waals surface area (Å²) in [6, 6.07) is 16.7. The molecule has 5 rings (SSSR count). The zero-order valence-corrected chi connectivity index (χ0v) is 17.5. The Balaban J connectivity index is 1.35. The lowest BCUT2D eigenvalue weighted by Crippen LogP contribution is -2.44. The normalized spacial score (nSPS) is 34.5. The molecule has 0 saturated heterocycles. The van der Waals surface area contributed by atoms with Crippen LogP contribution in [0, 0.1) is 23.2 Å². The van der Waals surface area contributed by atoms with Crippen molar-refractivity contribution in [2.24, 2.45) is 23.2 Å². The Morgan fingerprint density at radius 3 is 2.73 bits per heavy atom. The highest BCUT2D eigenvalue weighted by atomic mass is 16.5. The average molecular weight is 407 g/mol. The molecule has 2 saturated carbocycles. The second-order valence-electron chi connectivity index (χ2n) is 9.72. The average Bonchev–Trinajstić information content (AvgIpc) is 3.04. The fourth-order valence-corrected chi connectivity index (χ4v) is 6.65. The van der Waals surface area contributed by atoms with Crippen molar-refractivity contribution < 1.29 is 19.7 Å². The quantitative estimate of drug-likeness (QED) is 0.766. The highest BCUT2D eigenvalue weighted by Crippen LogP contribution is 2.62. The number of ether oxygens (including phenoxy) is 1. The smallest absolute Gasteiger partial charge is 0.309 e. The van der Waals surface area contributed by atoms with Gasteiger partial charge >= 0.3 is 5.97 Å². The molecule has 4 heteroatoms. The fraction of sp³-hybridized carbons (Fsp3) is 0.500. The SMILES string of the molecule is C[C@]12CC[C@@H]3c4ccc(OCc5ccccc5)cc4CC[C@H]3[C@@H]1CC(C(=O)O)[C@@H]2O. The summed E-state index contributed by atoms with van der Waals surface area (Å²) in [5, 5.41) is 20.4. The third-order valence-electron chi connectivity index (χ3n) is 8.27. The van der Waals surface area contributed by atoms with Gasteiger partial charge in [-0.05, 0) is 84.1 Å². The van der Waals surface area contributed by atoms with Crippen LogP contribution in [-0.2, 0) is 17.8 Å². The molecule has 2 fully saturated rings. The number of fused-ring (bicyclic) bond motifs is 5. The molecule has 2 N–H and O–H groups in total. The first-order valence-corrected chi connectivity index (χ1v) is 11.2. The summed E-state index contributed by atoms with van der Waals surface area (Å²) in [5.41, 5.74) is 3.68. The highest BCUT2D eigenvalue weighted by molar-refractivity contribution is 5.71. The molecule has 3 aliphatic carbocycles. The van der Waals surface area contributed by atoms with Crippen LogP contribution >= 0.6 is 0 Å². The molecule has 1 unspecified atom stereocenters. The molecule has 2 aromatic carbocycles. The number of aliphatic carboxylic acids is 1. The maximum absolute atomic E-state index is 11.7. The van der Waals surface area contributed by atoms with Crippen LogP contribution in [0.15, 0.2) is 48.5 Å². The Morgan fingerprint density at radius 1 is 1.17 bits per heavy atom. The second-order valence-corrected chi connectivity index (χ2v) is 9.72. The molecule has 158 valence electrons. The van der Waals surface area contributed by atoms with E-state index in [9.17, 15) is 15.0 Å². The lowest BCUT2D eigenvalue weighted by Gasteiger charge is -2.50. The van der Waals surface area contributed by atoms with Crippen molar-refractivity contribution >= 4 is 5.97 Å². The molecule has 0 bridgehead atoms. The molecule has 30 heavy (non-hydrogen) atoms. The van der Waals surface area contributed by atoms with Gasteiger partial charge in [0.2, 0.25) is 0 Å². The Hall–Kier alpha value is -2.33. The standard InChI is InChI=1S/C26H30O4/c1-26-12-11-20-19-10-8-18(30-15-16-5-3-2-4-6-16)13-17(19)7-9-21(20)23(26)14-22(24(26)27)25(28)29/h2-6,8,10,13,20-24,27H,7,9,11-12,14-15H2,1H3,(H,28,29)/t20-,21-,22?,23+,24+,26+/m1/s1. The second kappa shape index (κ2) is 7.42. The van der Waals surface area contributed by atoms with Crippen LogP contribution in [0.25, 0.3) is 0 Å². The van der Waals surface area contributed by atoms with E-state index in [0.717, 1.165) is 37.0 Å². The summed E-state index contributed by atoms with van der Waals surface area (Å²) < 4.78 is 6.04. The van der Waals surface area contributed by atoms with E-state index in [2.05, 4.69) is 37.3 Å². The summed E-state index contributed by atoms with van der Waals surface area (Å²) in [7, 11) is 0. The van der Waals surface area contributed by atoms with Gasteiger partial charge in [-0.2, -0.15) is 0 Å². The number of aryl methyl sites for hydroxylation is 1. The fourth-order valence-electron chi connectivity index (χ4n) is 6.65. The number of carboxylic acid groups (broad SMARTS) is 1. The Morgan fingerprint density at radius 2 is 1.97 bits per heavy atom. The number of hydrogen-bond donors (Lipinski definition) is 2. The monoisotopic (exact) mass is 406 g/mol. The van der Waals surface area contributed by atoms with Gasteiger partial charge in [0.15, 0.2) is 0 Å². The summed E-state index contributed by atoms with van der Waals surface area (Å²) >= 11 is 0. The van der Waals surface area contributed by atoms with Crippen LogP contribution < -0.4 is 4.74 Å². The third kappa shape index (κ3) is 3.13. The van der Waals surface area contributed by atoms with E-state index in [1.165, 1.54) is 11.1 Å². The summed E-state index contributed by atoms with van der Waals surface area (Å²) in [6.45, 7) is 2.69. The minimum absolute atomic E-state index is 0.263. The molecule has 0 radical (unpaired) electrons. The van der Waals surface area contributed by atoms with Gasteiger partial charge in [0, 0.05) is 0 Å². The number of aliphatic hydroxyl groups is 1. The first kappa shape index (κ1) is 19.6. The zero-order chi connectivity index (χ0) is 20.9. The van der Waals surface area contributed by atoms with E-state index in [-0.39, 0.29) is 11.3 Å². The zero-order valence-electron chi connectivity index (χ0n) is 17.5. The molecule has 2 aromatic rings. The minimum atomic E-state index is -0.842. The molecular formula is C26H30O4. The first-order chi connectivity index (χ1) is 14.5. The number of aliphatic hydroxyl groups excluding tert-OH is 1. The largest absolute Gasteiger partial charge is 0.489 e. The maximum atomic E-state index is 11.7. The van der Waals surface area contributed by atoms with Gasteiger partial charge < -0.3 is 14.9 Å². The maximum Gasteiger partial charge on any atom is 0.309 e. The lowest BCUT2D eigenvalue weighted by molar-refractivity contribution is -0.146. The topological polar surface area (TPSA) is 66.8 Å².